The molecule has 7 nitrogen and oxygen atoms in total. The molecule has 1 aliphatic heterocycles. The van der Waals surface area contributed by atoms with E-state index in [2.05, 4.69) is 14.5 Å². The third-order valence-corrected chi connectivity index (χ3v) is 5.17. The summed E-state index contributed by atoms with van der Waals surface area (Å²) in [5.41, 5.74) is 2.10. The summed E-state index contributed by atoms with van der Waals surface area (Å²) in [6.45, 7) is 4.75. The van der Waals surface area contributed by atoms with E-state index in [0.29, 0.717) is 29.6 Å². The maximum Gasteiger partial charge on any atom is 0.253 e. The van der Waals surface area contributed by atoms with Crippen molar-refractivity contribution in [1.82, 2.24) is 19.4 Å². The van der Waals surface area contributed by atoms with Crippen LogP contribution in [0.4, 0.5) is 0 Å². The lowest BCUT2D eigenvalue weighted by Crippen LogP contribution is -2.38. The van der Waals surface area contributed by atoms with Crippen molar-refractivity contribution in [3.8, 4) is 0 Å². The zero-order chi connectivity index (χ0) is 18.8. The summed E-state index contributed by atoms with van der Waals surface area (Å²) >= 11 is 0. The number of aryl methyl sites for hydroxylation is 1. The lowest BCUT2D eigenvalue weighted by molar-refractivity contribution is 0.0710. The number of oxazole rings is 1. The number of hydrogen-bond acceptors (Lipinski definition) is 5. The van der Waals surface area contributed by atoms with Gasteiger partial charge in [0.1, 0.15) is 11.3 Å². The number of piperidine rings is 1. The van der Waals surface area contributed by atoms with Crippen molar-refractivity contribution in [2.45, 2.75) is 32.2 Å². The Morgan fingerprint density at radius 1 is 1.33 bits per heavy atom. The van der Waals surface area contributed by atoms with E-state index in [4.69, 9.17) is 9.15 Å². The monoisotopic (exact) mass is 368 g/mol. The Hall–Kier alpha value is -2.67. The highest BCUT2D eigenvalue weighted by atomic mass is 16.5. The van der Waals surface area contributed by atoms with Gasteiger partial charge in [0, 0.05) is 57.5 Å². The third kappa shape index (κ3) is 3.60. The lowest BCUT2D eigenvalue weighted by Gasteiger charge is -2.32. The minimum atomic E-state index is 0.0483. The van der Waals surface area contributed by atoms with Gasteiger partial charge in [-0.25, -0.2) is 9.97 Å². The Morgan fingerprint density at radius 3 is 2.93 bits per heavy atom. The van der Waals surface area contributed by atoms with Gasteiger partial charge in [-0.1, -0.05) is 0 Å². The molecular weight excluding hydrogens is 344 g/mol. The molecule has 0 N–H and O–H groups in total. The number of amides is 1. The molecule has 3 heterocycles. The van der Waals surface area contributed by atoms with Crippen LogP contribution in [0.15, 0.2) is 35.0 Å². The summed E-state index contributed by atoms with van der Waals surface area (Å²) in [6, 6.07) is 5.47. The van der Waals surface area contributed by atoms with Crippen LogP contribution in [0.1, 0.15) is 40.8 Å². The van der Waals surface area contributed by atoms with Gasteiger partial charge in [0.2, 0.25) is 0 Å². The minimum absolute atomic E-state index is 0.0483. The number of imidazole rings is 1. The Morgan fingerprint density at radius 2 is 2.15 bits per heavy atom. The lowest BCUT2D eigenvalue weighted by atomic mass is 9.95. The fourth-order valence-electron chi connectivity index (χ4n) is 3.76. The van der Waals surface area contributed by atoms with Crippen LogP contribution in [0.25, 0.3) is 11.1 Å². The van der Waals surface area contributed by atoms with Crippen molar-refractivity contribution >= 4 is 17.0 Å². The summed E-state index contributed by atoms with van der Waals surface area (Å²) in [5, 5.41) is 0. The van der Waals surface area contributed by atoms with Gasteiger partial charge in [-0.2, -0.15) is 0 Å². The second kappa shape index (κ2) is 7.52. The molecule has 1 saturated heterocycles. The van der Waals surface area contributed by atoms with Gasteiger partial charge in [0.05, 0.1) is 6.61 Å². The van der Waals surface area contributed by atoms with Gasteiger partial charge < -0.3 is 18.6 Å². The van der Waals surface area contributed by atoms with Gasteiger partial charge in [-0.05, 0) is 31.0 Å². The molecule has 0 radical (unpaired) electrons. The number of likely N-dealkylation sites (tertiary alicyclic amines) is 1. The average Bonchev–Trinajstić information content (AvgIpc) is 3.30. The molecule has 3 aromatic rings. The molecule has 1 amide bonds. The summed E-state index contributed by atoms with van der Waals surface area (Å²) in [6.07, 6.45) is 5.68. The van der Waals surface area contributed by atoms with Crippen LogP contribution in [0.5, 0.6) is 0 Å². The molecule has 142 valence electrons. The van der Waals surface area contributed by atoms with E-state index in [-0.39, 0.29) is 5.91 Å². The number of hydrogen-bond donors (Lipinski definition) is 0. The van der Waals surface area contributed by atoms with Crippen LogP contribution in [0, 0.1) is 6.92 Å². The predicted octanol–water partition coefficient (Wildman–Crippen LogP) is 3.00. The summed E-state index contributed by atoms with van der Waals surface area (Å²) in [5.74, 6) is 2.13. The number of methoxy groups -OCH3 is 1. The normalized spacial score (nSPS) is 15.6. The molecule has 0 unspecified atom stereocenters. The van der Waals surface area contributed by atoms with Gasteiger partial charge in [-0.15, -0.1) is 0 Å². The smallest absolute Gasteiger partial charge is 0.253 e. The average molecular weight is 368 g/mol. The summed E-state index contributed by atoms with van der Waals surface area (Å²) < 4.78 is 12.9. The van der Waals surface area contributed by atoms with Crippen LogP contribution in [0.2, 0.25) is 0 Å². The Balaban J connectivity index is 1.42. The first-order valence-corrected chi connectivity index (χ1v) is 9.32. The zero-order valence-electron chi connectivity index (χ0n) is 15.7. The fourth-order valence-corrected chi connectivity index (χ4v) is 3.76. The molecule has 0 bridgehead atoms. The van der Waals surface area contributed by atoms with E-state index in [0.717, 1.165) is 43.8 Å². The minimum Gasteiger partial charge on any atom is -0.441 e. The van der Waals surface area contributed by atoms with Crippen LogP contribution in [-0.4, -0.2) is 52.1 Å². The van der Waals surface area contributed by atoms with Crippen LogP contribution < -0.4 is 0 Å². The predicted molar refractivity (Wildman–Crippen MR) is 101 cm³/mol. The van der Waals surface area contributed by atoms with E-state index in [9.17, 15) is 4.79 Å². The SMILES string of the molecule is COCCn1ccnc1C1CCN(C(=O)c2ccc3nc(C)oc3c2)CC1. The molecule has 1 aromatic carbocycles. The first-order chi connectivity index (χ1) is 13.2. The molecule has 1 aliphatic rings. The van der Waals surface area contributed by atoms with Crippen molar-refractivity contribution in [3.63, 3.8) is 0 Å². The van der Waals surface area contributed by atoms with E-state index in [1.807, 2.05) is 36.4 Å². The zero-order valence-corrected chi connectivity index (χ0v) is 15.7. The van der Waals surface area contributed by atoms with Gasteiger partial charge in [0.15, 0.2) is 11.5 Å². The van der Waals surface area contributed by atoms with E-state index < -0.39 is 0 Å². The highest BCUT2D eigenvalue weighted by molar-refractivity contribution is 5.97. The van der Waals surface area contributed by atoms with Crippen molar-refractivity contribution in [3.05, 3.63) is 47.9 Å². The molecule has 2 aromatic heterocycles. The maximum atomic E-state index is 12.9. The molecule has 0 atom stereocenters. The van der Waals surface area contributed by atoms with Crippen LogP contribution >= 0.6 is 0 Å². The standard InChI is InChI=1S/C20H24N4O3/c1-14-22-17-4-3-16(13-18(17)27-14)20(25)24-8-5-15(6-9-24)19-21-7-10-23(19)11-12-26-2/h3-4,7,10,13,15H,5-6,8-9,11-12H2,1-2H3. The van der Waals surface area contributed by atoms with Crippen LogP contribution in [0.3, 0.4) is 0 Å². The topological polar surface area (TPSA) is 73.4 Å². The Bertz CT molecular complexity index is 938. The maximum absolute atomic E-state index is 12.9. The highest BCUT2D eigenvalue weighted by Crippen LogP contribution is 2.28. The summed E-state index contributed by atoms with van der Waals surface area (Å²) in [4.78, 5) is 23.6. The highest BCUT2D eigenvalue weighted by Gasteiger charge is 2.27. The number of aromatic nitrogens is 3. The van der Waals surface area contributed by atoms with Crippen molar-refractivity contribution in [2.75, 3.05) is 26.8 Å². The van der Waals surface area contributed by atoms with Gasteiger partial charge in [-0.3, -0.25) is 4.79 Å². The fraction of sp³-hybridized carbons (Fsp3) is 0.450. The molecule has 0 aliphatic carbocycles. The molecular formula is C20H24N4O3. The largest absolute Gasteiger partial charge is 0.441 e. The molecule has 1 fully saturated rings. The van der Waals surface area contributed by atoms with E-state index in [1.54, 1.807) is 13.2 Å². The van der Waals surface area contributed by atoms with Crippen molar-refractivity contribution < 1.29 is 13.9 Å². The summed E-state index contributed by atoms with van der Waals surface area (Å²) in [7, 11) is 1.71. The van der Waals surface area contributed by atoms with Crippen molar-refractivity contribution in [1.29, 1.82) is 0 Å². The number of fused-ring (bicyclic) bond motifs is 1. The third-order valence-electron chi connectivity index (χ3n) is 5.17. The number of carbonyl (C=O) groups excluding carboxylic acids is 1. The number of rotatable bonds is 5. The second-order valence-electron chi connectivity index (χ2n) is 6.95. The number of ether oxygens (including phenoxy) is 1. The molecule has 0 saturated carbocycles. The first kappa shape index (κ1) is 17.7. The van der Waals surface area contributed by atoms with Crippen LogP contribution in [-0.2, 0) is 11.3 Å². The number of benzene rings is 1. The quantitative estimate of drug-likeness (QED) is 0.692. The number of carbonyl (C=O) groups is 1. The number of nitrogens with zero attached hydrogens (tertiary/aromatic N) is 4. The second-order valence-corrected chi connectivity index (χ2v) is 6.95. The first-order valence-electron chi connectivity index (χ1n) is 9.32. The molecule has 27 heavy (non-hydrogen) atoms. The van der Waals surface area contributed by atoms with E-state index >= 15 is 0 Å². The van der Waals surface area contributed by atoms with Crippen molar-refractivity contribution in [2.24, 2.45) is 0 Å². The Kier molecular flexibility index (Phi) is 4.94. The molecule has 7 heteroatoms. The van der Waals surface area contributed by atoms with Gasteiger partial charge in [0.25, 0.3) is 5.91 Å². The van der Waals surface area contributed by atoms with E-state index in [1.165, 1.54) is 0 Å². The molecule has 4 rings (SSSR count). The Labute approximate surface area is 158 Å². The molecule has 0 spiro atoms. The van der Waals surface area contributed by atoms with Gasteiger partial charge >= 0.3 is 0 Å².